The van der Waals surface area contributed by atoms with Crippen LogP contribution in [0.5, 0.6) is 0 Å². The fourth-order valence-corrected chi connectivity index (χ4v) is 16.4. The number of carbonyl (C=O) groups is 4. The van der Waals surface area contributed by atoms with Crippen LogP contribution in [0.2, 0.25) is 44.5 Å². The standard InChI is InChI=1S/C38H54IN5O7.C38H54N5O7.CH4.9CH3.3Sn/c1-28-36-34(25-38(2,3)26-35(36)45)44(43-28)31-9-10-32(37(40)46)33(24-31)42-12-6-14-48-16-18-50-20-22-51-21-19-49-17-15-47-13-5-11-41-27-29-7-4-8-30(39)23-29;1-29-36-34(26-38(2,3)27-35(36)44)43(42-29)31-11-12-32(37(39)45)33(25-31)41-14-8-16-47-18-20-49-22-24-50-23-21-48-19-17-46-15-7-13-40-28-30-9-5-4-6-10-30;;;;;;;;;;;;;/h4,7-10,23-24,41-42H,5-6,11-22,25-27H2,1-3H3,(H2,40,46);4-5,9-12,25,40-41H,7-8,13-24,26-28H2,1-3H3,(H2,39,45);1H4;9*1H3;;;. The number of rotatable bonds is 51. The number of fused-ring (bicyclic) bond motifs is 2. The Labute approximate surface area is 714 Å². The third-order valence-corrected chi connectivity index (χ3v) is 24.1. The van der Waals surface area contributed by atoms with Crippen LogP contribution in [0.15, 0.2) is 84.9 Å². The monoisotopic (exact) mass is 2020 g/mol. The molecule has 2 heterocycles. The zero-order valence-corrected chi connectivity index (χ0v) is 81.4. The Morgan fingerprint density at radius 3 is 1.08 bits per heavy atom. The second-order valence-electron chi connectivity index (χ2n) is 32.0. The number of nitrogens with one attached hydrogen (secondary N) is 4. The Morgan fingerprint density at radius 1 is 0.456 bits per heavy atom. The summed E-state index contributed by atoms with van der Waals surface area (Å²) in [5, 5.41) is 23.0. The van der Waals surface area contributed by atoms with E-state index in [1.807, 2.05) is 47.5 Å². The molecule has 2 aliphatic carbocycles. The van der Waals surface area contributed by atoms with Gasteiger partial charge in [0.1, 0.15) is 0 Å². The van der Waals surface area contributed by atoms with E-state index in [0.29, 0.717) is 192 Å². The third-order valence-electron chi connectivity index (χ3n) is 17.6. The van der Waals surface area contributed by atoms with E-state index in [1.54, 1.807) is 15.7 Å². The van der Waals surface area contributed by atoms with Crippen LogP contribution in [0.1, 0.15) is 149 Å². The summed E-state index contributed by atoms with van der Waals surface area (Å²) in [5.41, 5.74) is 22.0. The van der Waals surface area contributed by atoms with E-state index in [2.05, 4.69) is 165 Å². The first kappa shape index (κ1) is 102. The summed E-state index contributed by atoms with van der Waals surface area (Å²) >= 11 is -0.772. The van der Waals surface area contributed by atoms with Gasteiger partial charge >= 0.3 is 190 Å². The Hall–Kier alpha value is -4.17. The molecule has 0 fully saturated rings. The topological polar surface area (TPSA) is 296 Å². The minimum absolute atomic E-state index is 0. The first-order valence-electron chi connectivity index (χ1n) is 40.1. The van der Waals surface area contributed by atoms with Crippen molar-refractivity contribution in [1.29, 1.82) is 0 Å². The number of carbonyl (C=O) groups excluding carboxylic acids is 4. The van der Waals surface area contributed by atoms with Crippen LogP contribution < -0.4 is 36.3 Å². The molecule has 8 rings (SSSR count). The molecule has 114 heavy (non-hydrogen) atoms. The molecule has 2 amide bonds. The number of benzene rings is 4. The summed E-state index contributed by atoms with van der Waals surface area (Å²) in [6, 6.07) is 28.3. The van der Waals surface area contributed by atoms with Crippen molar-refractivity contribution < 1.29 is 66.5 Å². The molecule has 0 saturated carbocycles. The molecule has 0 aliphatic heterocycles. The van der Waals surface area contributed by atoms with Gasteiger partial charge in [-0.25, -0.2) is 9.36 Å². The van der Waals surface area contributed by atoms with Crippen molar-refractivity contribution in [2.24, 2.45) is 22.3 Å². The van der Waals surface area contributed by atoms with Gasteiger partial charge in [0.05, 0.1) is 149 Å². The van der Waals surface area contributed by atoms with Gasteiger partial charge < -0.3 is 65.3 Å². The molecule has 6 aromatic rings. The predicted octanol–water partition coefficient (Wildman–Crippen LogP) is 13.5. The number of anilines is 2. The van der Waals surface area contributed by atoms with Gasteiger partial charge in [0.2, 0.25) is 0 Å². The number of Topliss-reactive ketones (excluding diaryl/α,β-unsaturated/α-hetero) is 2. The summed E-state index contributed by atoms with van der Waals surface area (Å²) in [5.74, 6) is -0.781. The number of nitrogens with two attached hydrogens (primary N) is 2. The van der Waals surface area contributed by atoms with Crippen LogP contribution in [0, 0.1) is 28.2 Å². The number of nitrogens with zero attached hydrogens (tertiary/aromatic N) is 4. The van der Waals surface area contributed by atoms with Crippen LogP contribution in [0.4, 0.5) is 11.4 Å². The molecule has 636 valence electrons. The summed E-state index contributed by atoms with van der Waals surface area (Å²) in [4.78, 5) is 71.5. The van der Waals surface area contributed by atoms with Crippen molar-refractivity contribution in [2.45, 2.75) is 158 Å². The van der Waals surface area contributed by atoms with Gasteiger partial charge in [-0.2, -0.15) is 10.2 Å². The number of ketones is 2. The molecule has 0 bridgehead atoms. The molecule has 0 unspecified atom stereocenters. The van der Waals surface area contributed by atoms with Crippen molar-refractivity contribution in [3.63, 3.8) is 0 Å². The minimum atomic E-state index is -2.02. The second kappa shape index (κ2) is 56.4. The summed E-state index contributed by atoms with van der Waals surface area (Å²) < 4.78 is 62.7. The van der Waals surface area contributed by atoms with E-state index in [-0.39, 0.29) is 29.8 Å². The van der Waals surface area contributed by atoms with E-state index < -0.39 is 69.7 Å². The SMILES string of the molecule is C.Cc1nn(-c2ccc(C(N)=O)c(NCCCOCCOCCOCCOCCOCCCNCc3ccc[c]([Sn]([CH3])([CH3])[CH3])c3)c2)c2c1C(=O)CC(C)(C)C2.Cc1nn(-c2ccc(C(N)=O)c(NCCCOCCOCCOCCOCCOCCCNCc3cccc(I)c3)c2)c2c1C(=O)CC(C)(C)C2.[CH3][Sn]([CH3])[CH3].[CH3][Sn]([CH3])[CH3]. The Kier molecular flexibility index (Phi) is 50.5. The molecule has 2 aliphatic rings. The zero-order chi connectivity index (χ0) is 82.6. The van der Waals surface area contributed by atoms with Crippen LogP contribution in [-0.4, -0.2) is 259 Å². The molecule has 0 spiro atoms. The fraction of sp³-hybridized carbons (Fsp3) is 0.605. The maximum atomic E-state index is 12.9. The molecule has 0 atom stereocenters. The van der Waals surface area contributed by atoms with E-state index in [0.717, 1.165) is 98.9 Å². The van der Waals surface area contributed by atoms with Crippen molar-refractivity contribution in [2.75, 3.05) is 169 Å². The second-order valence-corrected chi connectivity index (χ2v) is 64.9. The van der Waals surface area contributed by atoms with Crippen LogP contribution in [0.3, 0.4) is 0 Å². The van der Waals surface area contributed by atoms with E-state index in [9.17, 15) is 19.2 Å². The summed E-state index contributed by atoms with van der Waals surface area (Å²) in [7, 11) is 0. The van der Waals surface area contributed by atoms with E-state index in [4.69, 9.17) is 69.0 Å². The third kappa shape index (κ3) is 40.7. The first-order chi connectivity index (χ1) is 54.0. The quantitative estimate of drug-likeness (QED) is 0.0117. The molecular weight excluding hydrogens is 1880 g/mol. The average Bonchev–Trinajstić information content (AvgIpc) is 1.61. The maximum absolute atomic E-state index is 12.9. The van der Waals surface area contributed by atoms with Crippen molar-refractivity contribution in [3.8, 4) is 11.4 Å². The van der Waals surface area contributed by atoms with Crippen LogP contribution in [-0.2, 0) is 73.3 Å². The molecule has 2 aromatic heterocycles. The summed E-state index contributed by atoms with van der Waals surface area (Å²) in [6.45, 7) is 27.6. The molecule has 24 nitrogen and oxygen atoms in total. The van der Waals surface area contributed by atoms with Crippen molar-refractivity contribution in [3.05, 3.63) is 145 Å². The Morgan fingerprint density at radius 2 is 0.763 bits per heavy atom. The van der Waals surface area contributed by atoms with Gasteiger partial charge in [-0.05, 0) is 140 Å². The van der Waals surface area contributed by atoms with Gasteiger partial charge in [-0.1, -0.05) is 47.3 Å². The molecular formula is C86H139IN10O14Sn3. The molecule has 0 saturated heterocycles. The molecule has 4 aromatic carbocycles. The van der Waals surface area contributed by atoms with Gasteiger partial charge in [-0.3, -0.25) is 19.2 Å². The van der Waals surface area contributed by atoms with Crippen molar-refractivity contribution in [1.82, 2.24) is 30.2 Å². The van der Waals surface area contributed by atoms with E-state index in [1.165, 1.54) is 14.7 Å². The fourth-order valence-electron chi connectivity index (χ4n) is 12.4. The number of ether oxygens (including phenoxy) is 10. The Bertz CT molecular complexity index is 3760. The number of amides is 2. The van der Waals surface area contributed by atoms with Gasteiger partial charge in [0.25, 0.3) is 11.8 Å². The van der Waals surface area contributed by atoms with Gasteiger partial charge in [0.15, 0.2) is 11.6 Å². The average molecular weight is 2020 g/mol. The van der Waals surface area contributed by atoms with Crippen LogP contribution in [0.25, 0.3) is 11.4 Å². The van der Waals surface area contributed by atoms with Gasteiger partial charge in [0, 0.05) is 67.2 Å². The number of aryl methyl sites for hydroxylation is 2. The molecule has 28 heteroatoms. The van der Waals surface area contributed by atoms with Gasteiger partial charge in [-0.15, -0.1) is 0 Å². The summed E-state index contributed by atoms with van der Waals surface area (Å²) in [6.07, 6.45) is 5.87. The van der Waals surface area contributed by atoms with Crippen molar-refractivity contribution >= 4 is 119 Å². The zero-order valence-electron chi connectivity index (χ0n) is 70.7. The number of hydrogen-bond acceptors (Lipinski definition) is 20. The molecule has 2 radical (unpaired) electrons. The van der Waals surface area contributed by atoms with E-state index >= 15 is 0 Å². The number of aromatic nitrogens is 4. The number of halogens is 1. The van der Waals surface area contributed by atoms with Crippen LogP contribution >= 0.6 is 22.6 Å². The predicted molar refractivity (Wildman–Crippen MR) is 476 cm³/mol. The number of hydrogen-bond donors (Lipinski definition) is 6. The number of primary amides is 2. The normalized spacial score (nSPS) is 13.4. The Balaban J connectivity index is 0.000000436. The first-order valence-corrected chi connectivity index (χ1v) is 68.3. The molecule has 8 N–H and O–H groups in total.